The van der Waals surface area contributed by atoms with Crippen molar-refractivity contribution in [3.05, 3.63) is 65.7 Å². The van der Waals surface area contributed by atoms with Crippen molar-refractivity contribution in [3.63, 3.8) is 0 Å². The summed E-state index contributed by atoms with van der Waals surface area (Å²) >= 11 is 0. The third-order valence-corrected chi connectivity index (χ3v) is 4.55. The highest BCUT2D eigenvalue weighted by Crippen LogP contribution is 2.27. The molecular formula is C23H21FN2O5. The van der Waals surface area contributed by atoms with Gasteiger partial charge in [-0.05, 0) is 37.3 Å². The SMILES string of the molecule is CCOCc1c(C(=O)OCC(=O)N(CCC#N)c2ccc(F)cc2)oc2ccccc12. The topological polar surface area (TPSA) is 92.8 Å². The molecule has 3 rings (SSSR count). The Labute approximate surface area is 178 Å². The van der Waals surface area contributed by atoms with E-state index in [4.69, 9.17) is 19.2 Å². The highest BCUT2D eigenvalue weighted by atomic mass is 19.1. The number of ether oxygens (including phenoxy) is 2. The van der Waals surface area contributed by atoms with Gasteiger partial charge in [-0.25, -0.2) is 9.18 Å². The van der Waals surface area contributed by atoms with Gasteiger partial charge in [0.05, 0.1) is 19.1 Å². The second kappa shape index (κ2) is 10.4. The molecule has 0 saturated carbocycles. The van der Waals surface area contributed by atoms with E-state index in [9.17, 15) is 14.0 Å². The monoisotopic (exact) mass is 424 g/mol. The number of furan rings is 1. The molecule has 1 heterocycles. The zero-order valence-electron chi connectivity index (χ0n) is 17.0. The third-order valence-electron chi connectivity index (χ3n) is 4.55. The van der Waals surface area contributed by atoms with Gasteiger partial charge in [-0.15, -0.1) is 0 Å². The number of carbonyl (C=O) groups is 2. The number of esters is 1. The number of benzene rings is 2. The summed E-state index contributed by atoms with van der Waals surface area (Å²) in [7, 11) is 0. The fourth-order valence-corrected chi connectivity index (χ4v) is 3.06. The predicted octanol–water partition coefficient (Wildman–Crippen LogP) is 4.21. The summed E-state index contributed by atoms with van der Waals surface area (Å²) in [5, 5.41) is 9.60. The summed E-state index contributed by atoms with van der Waals surface area (Å²) in [6, 6.07) is 14.4. The van der Waals surface area contributed by atoms with E-state index in [-0.39, 0.29) is 25.3 Å². The first kappa shape index (κ1) is 22.0. The second-order valence-corrected chi connectivity index (χ2v) is 6.55. The minimum atomic E-state index is -0.793. The molecule has 7 nitrogen and oxygen atoms in total. The van der Waals surface area contributed by atoms with E-state index in [1.807, 2.05) is 25.1 Å². The largest absolute Gasteiger partial charge is 0.450 e. The average molecular weight is 424 g/mol. The van der Waals surface area contributed by atoms with E-state index in [1.165, 1.54) is 29.2 Å². The highest BCUT2D eigenvalue weighted by molar-refractivity contribution is 5.99. The first-order valence-corrected chi connectivity index (χ1v) is 9.73. The lowest BCUT2D eigenvalue weighted by atomic mass is 10.1. The number of rotatable bonds is 9. The van der Waals surface area contributed by atoms with E-state index in [1.54, 1.807) is 12.1 Å². The lowest BCUT2D eigenvalue weighted by Crippen LogP contribution is -2.35. The Balaban J connectivity index is 1.76. The van der Waals surface area contributed by atoms with Gasteiger partial charge in [0.15, 0.2) is 6.61 Å². The summed E-state index contributed by atoms with van der Waals surface area (Å²) in [4.78, 5) is 26.6. The van der Waals surface area contributed by atoms with Gasteiger partial charge < -0.3 is 18.8 Å². The molecule has 0 spiro atoms. The number of nitrogens with zero attached hydrogens (tertiary/aromatic N) is 2. The van der Waals surface area contributed by atoms with Crippen LogP contribution in [0.5, 0.6) is 0 Å². The Bertz CT molecular complexity index is 1100. The van der Waals surface area contributed by atoms with Crippen LogP contribution < -0.4 is 4.90 Å². The Morgan fingerprint density at radius 2 is 1.90 bits per heavy atom. The molecule has 0 saturated heterocycles. The van der Waals surface area contributed by atoms with E-state index in [0.29, 0.717) is 23.4 Å². The molecule has 160 valence electrons. The van der Waals surface area contributed by atoms with Crippen molar-refractivity contribution < 1.29 is 27.9 Å². The summed E-state index contributed by atoms with van der Waals surface area (Å²) in [6.45, 7) is 1.98. The number of nitriles is 1. The van der Waals surface area contributed by atoms with Crippen molar-refractivity contribution in [1.82, 2.24) is 0 Å². The minimum Gasteiger partial charge on any atom is -0.450 e. The molecule has 2 aromatic carbocycles. The zero-order chi connectivity index (χ0) is 22.2. The van der Waals surface area contributed by atoms with E-state index in [2.05, 4.69) is 0 Å². The second-order valence-electron chi connectivity index (χ2n) is 6.55. The molecule has 1 aromatic heterocycles. The Morgan fingerprint density at radius 3 is 2.61 bits per heavy atom. The Hall–Kier alpha value is -3.70. The molecule has 0 radical (unpaired) electrons. The quantitative estimate of drug-likeness (QED) is 0.478. The maximum absolute atomic E-state index is 13.2. The number of carbonyl (C=O) groups excluding carboxylic acids is 2. The lowest BCUT2D eigenvalue weighted by molar-refractivity contribution is -0.121. The van der Waals surface area contributed by atoms with Crippen molar-refractivity contribution >= 4 is 28.5 Å². The summed E-state index contributed by atoms with van der Waals surface area (Å²) in [5.41, 5.74) is 1.46. The molecule has 0 N–H and O–H groups in total. The molecule has 3 aromatic rings. The Kier molecular flexibility index (Phi) is 7.35. The molecule has 0 unspecified atom stereocenters. The fourth-order valence-electron chi connectivity index (χ4n) is 3.06. The number of para-hydroxylation sites is 1. The molecule has 1 amide bonds. The van der Waals surface area contributed by atoms with Crippen LogP contribution in [0, 0.1) is 17.1 Å². The first-order chi connectivity index (χ1) is 15.0. The lowest BCUT2D eigenvalue weighted by Gasteiger charge is -2.21. The van der Waals surface area contributed by atoms with Crippen molar-refractivity contribution in [2.75, 3.05) is 24.7 Å². The van der Waals surface area contributed by atoms with Crippen molar-refractivity contribution in [3.8, 4) is 6.07 Å². The van der Waals surface area contributed by atoms with Gasteiger partial charge in [0.25, 0.3) is 5.91 Å². The minimum absolute atomic E-state index is 0.0205. The summed E-state index contributed by atoms with van der Waals surface area (Å²) < 4.78 is 29.5. The van der Waals surface area contributed by atoms with Gasteiger partial charge in [0.2, 0.25) is 5.76 Å². The van der Waals surface area contributed by atoms with E-state index >= 15 is 0 Å². The van der Waals surface area contributed by atoms with Crippen LogP contribution in [0.4, 0.5) is 10.1 Å². The van der Waals surface area contributed by atoms with Crippen LogP contribution in [-0.2, 0) is 20.9 Å². The molecule has 0 aliphatic rings. The molecule has 0 bridgehead atoms. The number of hydrogen-bond donors (Lipinski definition) is 0. The fraction of sp³-hybridized carbons (Fsp3) is 0.261. The van der Waals surface area contributed by atoms with Crippen LogP contribution in [0.2, 0.25) is 0 Å². The molecule has 31 heavy (non-hydrogen) atoms. The maximum atomic E-state index is 13.2. The number of halogens is 1. The van der Waals surface area contributed by atoms with Crippen LogP contribution in [0.25, 0.3) is 11.0 Å². The maximum Gasteiger partial charge on any atom is 0.375 e. The van der Waals surface area contributed by atoms with Gasteiger partial charge in [-0.1, -0.05) is 18.2 Å². The summed E-state index contributed by atoms with van der Waals surface area (Å²) in [6.07, 6.45) is 0.0686. The van der Waals surface area contributed by atoms with Crippen molar-refractivity contribution in [1.29, 1.82) is 5.26 Å². The molecular weight excluding hydrogens is 403 g/mol. The normalized spacial score (nSPS) is 10.6. The van der Waals surface area contributed by atoms with Gasteiger partial charge >= 0.3 is 5.97 Å². The number of hydrogen-bond acceptors (Lipinski definition) is 6. The van der Waals surface area contributed by atoms with Crippen LogP contribution in [0.1, 0.15) is 29.5 Å². The molecule has 0 fully saturated rings. The molecule has 8 heteroatoms. The first-order valence-electron chi connectivity index (χ1n) is 9.73. The van der Waals surface area contributed by atoms with Crippen molar-refractivity contribution in [2.24, 2.45) is 0 Å². The van der Waals surface area contributed by atoms with Crippen LogP contribution in [0.15, 0.2) is 52.9 Å². The molecule has 0 atom stereocenters. The zero-order valence-corrected chi connectivity index (χ0v) is 17.0. The standard InChI is InChI=1S/C23H21FN2O5/c1-2-29-14-19-18-6-3-4-7-20(18)31-22(19)23(28)30-15-21(27)26(13-5-12-25)17-10-8-16(24)9-11-17/h3-4,6-11H,2,5,13-15H2,1H3. The average Bonchev–Trinajstić information content (AvgIpc) is 3.16. The molecule has 0 aliphatic carbocycles. The van der Waals surface area contributed by atoms with Gasteiger partial charge in [-0.3, -0.25) is 4.79 Å². The number of anilines is 1. The van der Waals surface area contributed by atoms with Gasteiger partial charge in [0, 0.05) is 29.8 Å². The Morgan fingerprint density at radius 1 is 1.16 bits per heavy atom. The van der Waals surface area contributed by atoms with Gasteiger partial charge in [-0.2, -0.15) is 5.26 Å². The van der Waals surface area contributed by atoms with Gasteiger partial charge in [0.1, 0.15) is 11.4 Å². The number of amides is 1. The predicted molar refractivity (Wildman–Crippen MR) is 111 cm³/mol. The highest BCUT2D eigenvalue weighted by Gasteiger charge is 2.24. The number of fused-ring (bicyclic) bond motifs is 1. The molecule has 0 aliphatic heterocycles. The van der Waals surface area contributed by atoms with Crippen LogP contribution >= 0.6 is 0 Å². The van der Waals surface area contributed by atoms with E-state index < -0.39 is 24.3 Å². The summed E-state index contributed by atoms with van der Waals surface area (Å²) in [5.74, 6) is -1.81. The van der Waals surface area contributed by atoms with Crippen LogP contribution in [0.3, 0.4) is 0 Å². The van der Waals surface area contributed by atoms with Crippen molar-refractivity contribution in [2.45, 2.75) is 20.0 Å². The smallest absolute Gasteiger partial charge is 0.375 e. The van der Waals surface area contributed by atoms with Crippen LogP contribution in [-0.4, -0.2) is 31.6 Å². The van der Waals surface area contributed by atoms with E-state index in [0.717, 1.165) is 5.39 Å². The third kappa shape index (κ3) is 5.27.